The first kappa shape index (κ1) is 21.8. The highest BCUT2D eigenvalue weighted by Gasteiger charge is 2.35. The molecule has 1 fully saturated rings. The van der Waals surface area contributed by atoms with Crippen LogP contribution in [0.5, 0.6) is 5.75 Å². The van der Waals surface area contributed by atoms with Crippen LogP contribution in [-0.4, -0.2) is 34.1 Å². The number of para-hydroxylation sites is 1. The molecule has 0 radical (unpaired) electrons. The zero-order chi connectivity index (χ0) is 22.0. The van der Waals surface area contributed by atoms with E-state index in [1.165, 1.54) is 25.1 Å². The summed E-state index contributed by atoms with van der Waals surface area (Å²) in [5.41, 5.74) is 0.467. The predicted octanol–water partition coefficient (Wildman–Crippen LogP) is 3.68. The normalized spacial score (nSPS) is 16.4. The molecule has 2 aromatic carbocycles. The Balaban J connectivity index is 2.01. The molecule has 1 heterocycles. The Kier molecular flexibility index (Phi) is 6.40. The van der Waals surface area contributed by atoms with Crippen LogP contribution in [0, 0.1) is 0 Å². The van der Waals surface area contributed by atoms with Crippen molar-refractivity contribution in [1.82, 2.24) is 5.32 Å². The topological polar surface area (TPSA) is 95.9 Å². The highest BCUT2D eigenvalue weighted by atomic mass is 35.5. The third kappa shape index (κ3) is 4.46. The van der Waals surface area contributed by atoms with Gasteiger partial charge in [-0.15, -0.1) is 0 Å². The number of aliphatic carboxylic acids is 1. The Hall–Kier alpha value is -2.94. The first-order valence-electron chi connectivity index (χ1n) is 8.54. The van der Waals surface area contributed by atoms with E-state index < -0.39 is 23.9 Å². The van der Waals surface area contributed by atoms with E-state index in [4.69, 9.17) is 45.3 Å². The van der Waals surface area contributed by atoms with Crippen LogP contribution in [0.15, 0.2) is 48.0 Å². The summed E-state index contributed by atoms with van der Waals surface area (Å²) in [7, 11) is 0. The van der Waals surface area contributed by atoms with Crippen molar-refractivity contribution in [3.8, 4) is 5.75 Å². The number of nitrogens with zero attached hydrogens (tertiary/aromatic N) is 1. The molecule has 0 bridgehead atoms. The molecular weight excluding hydrogens is 451 g/mol. The van der Waals surface area contributed by atoms with Crippen LogP contribution in [0.25, 0.3) is 6.08 Å². The zero-order valence-corrected chi connectivity index (χ0v) is 17.7. The van der Waals surface area contributed by atoms with Crippen LogP contribution < -0.4 is 15.0 Å². The van der Waals surface area contributed by atoms with Crippen molar-refractivity contribution >= 4 is 70.1 Å². The van der Waals surface area contributed by atoms with E-state index in [2.05, 4.69) is 5.32 Å². The molecule has 1 aliphatic heterocycles. The van der Waals surface area contributed by atoms with Crippen molar-refractivity contribution < 1.29 is 24.2 Å². The molecule has 2 aromatic rings. The number of hydrogen-bond acceptors (Lipinski definition) is 5. The number of carbonyl (C=O) groups is 3. The maximum Gasteiger partial charge on any atom is 0.344 e. The Labute approximate surface area is 186 Å². The van der Waals surface area contributed by atoms with Gasteiger partial charge < -0.3 is 9.84 Å². The Morgan fingerprint density at radius 1 is 1.20 bits per heavy atom. The van der Waals surface area contributed by atoms with Gasteiger partial charge in [0.25, 0.3) is 11.8 Å². The summed E-state index contributed by atoms with van der Waals surface area (Å²) >= 11 is 17.1. The number of amides is 2. The minimum atomic E-state index is -1.15. The number of anilines is 1. The molecule has 0 aromatic heterocycles. The molecule has 0 unspecified atom stereocenters. The van der Waals surface area contributed by atoms with Crippen molar-refractivity contribution in [2.24, 2.45) is 0 Å². The molecule has 3 rings (SSSR count). The number of carboxylic acid groups (broad SMARTS) is 1. The number of rotatable bonds is 5. The third-order valence-corrected chi connectivity index (χ3v) is 5.16. The van der Waals surface area contributed by atoms with Gasteiger partial charge in [-0.3, -0.25) is 19.8 Å². The number of thiocarbonyl (C=S) groups is 1. The lowest BCUT2D eigenvalue weighted by atomic mass is 10.1. The fourth-order valence-electron chi connectivity index (χ4n) is 2.62. The van der Waals surface area contributed by atoms with Crippen LogP contribution in [0.2, 0.25) is 10.0 Å². The van der Waals surface area contributed by atoms with Gasteiger partial charge in [-0.2, -0.15) is 0 Å². The number of hydrogen-bond donors (Lipinski definition) is 2. The largest absolute Gasteiger partial charge is 0.479 e. The maximum atomic E-state index is 13.1. The fourth-order valence-corrected chi connectivity index (χ4v) is 3.19. The van der Waals surface area contributed by atoms with Gasteiger partial charge in [0.05, 0.1) is 15.7 Å². The summed E-state index contributed by atoms with van der Waals surface area (Å²) in [6.07, 6.45) is 0.189. The van der Waals surface area contributed by atoms with Crippen molar-refractivity contribution in [2.75, 3.05) is 4.90 Å². The molecule has 1 saturated heterocycles. The van der Waals surface area contributed by atoms with Gasteiger partial charge in [0.2, 0.25) is 0 Å². The molecule has 10 heteroatoms. The summed E-state index contributed by atoms with van der Waals surface area (Å²) in [6, 6.07) is 10.9. The molecule has 0 spiro atoms. The van der Waals surface area contributed by atoms with Crippen molar-refractivity contribution in [1.29, 1.82) is 0 Å². The quantitative estimate of drug-likeness (QED) is 0.398. The zero-order valence-electron chi connectivity index (χ0n) is 15.4. The lowest BCUT2D eigenvalue weighted by molar-refractivity contribution is -0.144. The molecule has 7 nitrogen and oxygen atoms in total. The molecule has 0 saturated carbocycles. The van der Waals surface area contributed by atoms with Gasteiger partial charge in [-0.1, -0.05) is 41.4 Å². The van der Waals surface area contributed by atoms with E-state index in [-0.39, 0.29) is 21.5 Å². The van der Waals surface area contributed by atoms with Crippen molar-refractivity contribution in [3.63, 3.8) is 0 Å². The molecule has 154 valence electrons. The second-order valence-corrected chi connectivity index (χ2v) is 7.39. The smallest absolute Gasteiger partial charge is 0.344 e. The van der Waals surface area contributed by atoms with Crippen LogP contribution in [0.4, 0.5) is 5.69 Å². The van der Waals surface area contributed by atoms with Crippen molar-refractivity contribution in [3.05, 3.63) is 63.6 Å². The lowest BCUT2D eigenvalue weighted by Crippen LogP contribution is -2.54. The van der Waals surface area contributed by atoms with Crippen LogP contribution in [0.3, 0.4) is 0 Å². The Bertz CT molecular complexity index is 1100. The van der Waals surface area contributed by atoms with Gasteiger partial charge in [0.15, 0.2) is 11.2 Å². The molecule has 0 aliphatic carbocycles. The maximum absolute atomic E-state index is 13.1. The lowest BCUT2D eigenvalue weighted by Gasteiger charge is -2.29. The Morgan fingerprint density at radius 3 is 2.57 bits per heavy atom. The Morgan fingerprint density at radius 2 is 1.90 bits per heavy atom. The SMILES string of the molecule is C[C@H](Oc1ccccc1/C=C1\C(=O)NC(=S)N(c2ccc(Cl)c(Cl)c2)C1=O)C(=O)O. The summed E-state index contributed by atoms with van der Waals surface area (Å²) in [4.78, 5) is 37.8. The standard InChI is InChI=1S/C20H14Cl2N2O5S/c1-10(19(27)28)29-16-5-3-2-4-11(16)8-13-17(25)23-20(30)24(18(13)26)12-6-7-14(21)15(22)9-12/h2-10H,1H3,(H,27,28)(H,23,25,30)/b13-8+/t10-/m0/s1. The number of nitrogens with one attached hydrogen (secondary N) is 1. The molecule has 30 heavy (non-hydrogen) atoms. The molecule has 2 amide bonds. The summed E-state index contributed by atoms with van der Waals surface area (Å²) in [5, 5.41) is 11.9. The predicted molar refractivity (Wildman–Crippen MR) is 117 cm³/mol. The number of carboxylic acids is 1. The van der Waals surface area contributed by atoms with Crippen molar-refractivity contribution in [2.45, 2.75) is 13.0 Å². The average molecular weight is 465 g/mol. The van der Waals surface area contributed by atoms with Crippen LogP contribution in [0.1, 0.15) is 12.5 Å². The first-order chi connectivity index (χ1) is 14.2. The van der Waals surface area contributed by atoms with Crippen LogP contribution >= 0.6 is 35.4 Å². The average Bonchev–Trinajstić information content (AvgIpc) is 2.68. The van der Waals surface area contributed by atoms with E-state index >= 15 is 0 Å². The van der Waals surface area contributed by atoms with Gasteiger partial charge in [-0.05, 0) is 49.5 Å². The van der Waals surface area contributed by atoms with E-state index in [0.717, 1.165) is 4.90 Å². The van der Waals surface area contributed by atoms with Gasteiger partial charge >= 0.3 is 5.97 Å². The number of carbonyl (C=O) groups excluding carboxylic acids is 2. The first-order valence-corrected chi connectivity index (χ1v) is 9.70. The minimum absolute atomic E-state index is 0.107. The third-order valence-electron chi connectivity index (χ3n) is 4.13. The highest BCUT2D eigenvalue weighted by molar-refractivity contribution is 7.80. The molecule has 1 atom stereocenters. The second kappa shape index (κ2) is 8.83. The van der Waals surface area contributed by atoms with E-state index in [1.54, 1.807) is 30.3 Å². The number of ether oxygens (including phenoxy) is 1. The van der Waals surface area contributed by atoms with E-state index in [1.807, 2.05) is 0 Å². The second-order valence-electron chi connectivity index (χ2n) is 6.19. The summed E-state index contributed by atoms with van der Waals surface area (Å²) < 4.78 is 5.42. The summed E-state index contributed by atoms with van der Waals surface area (Å²) in [6.45, 7) is 1.37. The van der Waals surface area contributed by atoms with E-state index in [9.17, 15) is 14.4 Å². The molecule has 1 aliphatic rings. The fraction of sp³-hybridized carbons (Fsp3) is 0.100. The van der Waals surface area contributed by atoms with E-state index in [0.29, 0.717) is 16.3 Å². The van der Waals surface area contributed by atoms with Gasteiger partial charge in [0, 0.05) is 5.56 Å². The van der Waals surface area contributed by atoms with Crippen LogP contribution in [-0.2, 0) is 14.4 Å². The van der Waals surface area contributed by atoms with Gasteiger partial charge in [-0.25, -0.2) is 4.79 Å². The molecule has 2 N–H and O–H groups in total. The van der Waals surface area contributed by atoms with Gasteiger partial charge in [0.1, 0.15) is 11.3 Å². The highest BCUT2D eigenvalue weighted by Crippen LogP contribution is 2.30. The number of benzene rings is 2. The monoisotopic (exact) mass is 464 g/mol. The minimum Gasteiger partial charge on any atom is -0.479 e. The molecular formula is C20H14Cl2N2O5S. The summed E-state index contributed by atoms with van der Waals surface area (Å²) in [5.74, 6) is -2.32. The number of halogens is 2.